The second kappa shape index (κ2) is 7.22. The molecular formula is C7H10O2. The van der Waals surface area contributed by atoms with E-state index in [0.717, 1.165) is 0 Å². The minimum atomic E-state index is 0.0550. The summed E-state index contributed by atoms with van der Waals surface area (Å²) in [6, 6.07) is 0. The molecule has 0 bridgehead atoms. The van der Waals surface area contributed by atoms with E-state index in [2.05, 4.69) is 5.92 Å². The molecule has 0 atom stereocenters. The Bertz CT molecular complexity index is 111. The first-order chi connectivity index (χ1) is 4.41. The number of ether oxygens (including phenoxy) is 1. The highest BCUT2D eigenvalue weighted by Gasteiger charge is 1.74. The molecule has 9 heavy (non-hydrogen) atoms. The molecule has 0 radical (unpaired) electrons. The smallest absolute Gasteiger partial charge is 0.107 e. The molecule has 0 rings (SSSR count). The van der Waals surface area contributed by atoms with Crippen molar-refractivity contribution < 1.29 is 9.84 Å². The number of terminal acetylenes is 1. The van der Waals surface area contributed by atoms with Crippen LogP contribution in [0.5, 0.6) is 0 Å². The maximum absolute atomic E-state index is 8.24. The van der Waals surface area contributed by atoms with Crippen molar-refractivity contribution in [3.8, 4) is 12.3 Å². The first-order valence-corrected chi connectivity index (χ1v) is 2.69. The van der Waals surface area contributed by atoms with E-state index in [9.17, 15) is 0 Å². The molecule has 50 valence electrons. The highest BCUT2D eigenvalue weighted by atomic mass is 16.5. The Morgan fingerprint density at radius 3 is 2.89 bits per heavy atom. The summed E-state index contributed by atoms with van der Waals surface area (Å²) in [5, 5.41) is 8.24. The van der Waals surface area contributed by atoms with E-state index in [-0.39, 0.29) is 6.61 Å². The van der Waals surface area contributed by atoms with E-state index in [1.165, 1.54) is 0 Å². The number of aliphatic hydroxyl groups is 1. The van der Waals surface area contributed by atoms with Crippen molar-refractivity contribution in [3.63, 3.8) is 0 Å². The van der Waals surface area contributed by atoms with Crippen LogP contribution in [0.1, 0.15) is 0 Å². The molecule has 0 aliphatic heterocycles. The first kappa shape index (κ1) is 8.22. The van der Waals surface area contributed by atoms with Crippen LogP contribution in [0.15, 0.2) is 12.2 Å². The Hall–Kier alpha value is -0.780. The van der Waals surface area contributed by atoms with E-state index in [1.54, 1.807) is 12.2 Å². The Morgan fingerprint density at radius 2 is 2.33 bits per heavy atom. The summed E-state index contributed by atoms with van der Waals surface area (Å²) in [6.07, 6.45) is 8.22. The van der Waals surface area contributed by atoms with Crippen LogP contribution in [0, 0.1) is 12.3 Å². The predicted octanol–water partition coefficient (Wildman–Crippen LogP) is 0.185. The van der Waals surface area contributed by atoms with Crippen LogP contribution in [0.3, 0.4) is 0 Å². The molecule has 0 aliphatic carbocycles. The van der Waals surface area contributed by atoms with Gasteiger partial charge in [-0.05, 0) is 0 Å². The molecule has 0 unspecified atom stereocenters. The summed E-state index contributed by atoms with van der Waals surface area (Å²) >= 11 is 0. The van der Waals surface area contributed by atoms with Gasteiger partial charge in [0.05, 0.1) is 13.2 Å². The summed E-state index contributed by atoms with van der Waals surface area (Å²) < 4.78 is 4.85. The van der Waals surface area contributed by atoms with E-state index < -0.39 is 0 Å². The van der Waals surface area contributed by atoms with Crippen molar-refractivity contribution in [2.45, 2.75) is 0 Å². The zero-order valence-corrected chi connectivity index (χ0v) is 5.21. The highest BCUT2D eigenvalue weighted by Crippen LogP contribution is 1.74. The van der Waals surface area contributed by atoms with Crippen LogP contribution in [0.2, 0.25) is 0 Å². The summed E-state index contributed by atoms with van der Waals surface area (Å²) in [4.78, 5) is 0. The van der Waals surface area contributed by atoms with Gasteiger partial charge in [0.2, 0.25) is 0 Å². The summed E-state index contributed by atoms with van der Waals surface area (Å²) in [5.74, 6) is 2.33. The van der Waals surface area contributed by atoms with Gasteiger partial charge in [0, 0.05) is 0 Å². The Morgan fingerprint density at radius 1 is 1.56 bits per heavy atom. The molecule has 0 aliphatic rings. The zero-order valence-electron chi connectivity index (χ0n) is 5.21. The maximum atomic E-state index is 8.24. The highest BCUT2D eigenvalue weighted by molar-refractivity contribution is 4.85. The molecule has 0 spiro atoms. The van der Waals surface area contributed by atoms with E-state index in [0.29, 0.717) is 13.2 Å². The number of hydrogen-bond acceptors (Lipinski definition) is 2. The molecule has 0 aromatic carbocycles. The summed E-state index contributed by atoms with van der Waals surface area (Å²) in [7, 11) is 0. The average Bonchev–Trinajstić information content (AvgIpc) is 1.89. The van der Waals surface area contributed by atoms with Crippen molar-refractivity contribution in [1.82, 2.24) is 0 Å². The van der Waals surface area contributed by atoms with Crippen molar-refractivity contribution in [2.24, 2.45) is 0 Å². The standard InChI is InChI=1S/C7H10O2/c1-2-6-9-7-4-3-5-8/h1,3-4,8H,5-7H2/b4-3-. The summed E-state index contributed by atoms with van der Waals surface area (Å²) in [6.45, 7) is 0.861. The van der Waals surface area contributed by atoms with Crippen LogP contribution in [0.4, 0.5) is 0 Å². The van der Waals surface area contributed by atoms with Crippen molar-refractivity contribution in [2.75, 3.05) is 19.8 Å². The molecule has 2 heteroatoms. The first-order valence-electron chi connectivity index (χ1n) is 2.69. The molecule has 0 fully saturated rings. The van der Waals surface area contributed by atoms with Crippen LogP contribution in [-0.4, -0.2) is 24.9 Å². The van der Waals surface area contributed by atoms with Gasteiger partial charge in [0.1, 0.15) is 6.61 Å². The lowest BCUT2D eigenvalue weighted by molar-refractivity contribution is 0.198. The van der Waals surface area contributed by atoms with Crippen LogP contribution < -0.4 is 0 Å². The van der Waals surface area contributed by atoms with Gasteiger partial charge in [0.25, 0.3) is 0 Å². The lowest BCUT2D eigenvalue weighted by atomic mass is 10.5. The van der Waals surface area contributed by atoms with Gasteiger partial charge in [-0.15, -0.1) is 6.42 Å². The quantitative estimate of drug-likeness (QED) is 0.331. The molecule has 0 heterocycles. The molecule has 0 aromatic heterocycles. The van der Waals surface area contributed by atoms with Gasteiger partial charge in [-0.3, -0.25) is 0 Å². The third-order valence-corrected chi connectivity index (χ3v) is 0.672. The van der Waals surface area contributed by atoms with Crippen molar-refractivity contribution in [1.29, 1.82) is 0 Å². The number of hydrogen-bond donors (Lipinski definition) is 1. The fraction of sp³-hybridized carbons (Fsp3) is 0.429. The predicted molar refractivity (Wildman–Crippen MR) is 35.9 cm³/mol. The Balaban J connectivity index is 2.92. The monoisotopic (exact) mass is 126 g/mol. The van der Waals surface area contributed by atoms with Crippen molar-refractivity contribution in [3.05, 3.63) is 12.2 Å². The van der Waals surface area contributed by atoms with Crippen molar-refractivity contribution >= 4 is 0 Å². The molecular weight excluding hydrogens is 116 g/mol. The maximum Gasteiger partial charge on any atom is 0.107 e. The molecule has 2 nitrogen and oxygen atoms in total. The minimum absolute atomic E-state index is 0.0550. The Kier molecular flexibility index (Phi) is 6.59. The van der Waals surface area contributed by atoms with Gasteiger partial charge >= 0.3 is 0 Å². The fourth-order valence-corrected chi connectivity index (χ4v) is 0.328. The second-order valence-electron chi connectivity index (χ2n) is 1.37. The van der Waals surface area contributed by atoms with E-state index >= 15 is 0 Å². The minimum Gasteiger partial charge on any atom is -0.392 e. The molecule has 1 N–H and O–H groups in total. The SMILES string of the molecule is C#CCOC/C=C\CO. The normalized spacial score (nSPS) is 9.78. The molecule has 0 amide bonds. The molecule has 0 aromatic rings. The Labute approximate surface area is 55.1 Å². The third kappa shape index (κ3) is 7.22. The fourth-order valence-electron chi connectivity index (χ4n) is 0.328. The average molecular weight is 126 g/mol. The third-order valence-electron chi connectivity index (χ3n) is 0.672. The molecule has 0 saturated carbocycles. The van der Waals surface area contributed by atoms with Crippen LogP contribution >= 0.6 is 0 Å². The largest absolute Gasteiger partial charge is 0.392 e. The lowest BCUT2D eigenvalue weighted by Crippen LogP contribution is -1.90. The number of aliphatic hydroxyl groups excluding tert-OH is 1. The topological polar surface area (TPSA) is 29.5 Å². The summed E-state index contributed by atoms with van der Waals surface area (Å²) in [5.41, 5.74) is 0. The number of rotatable bonds is 4. The van der Waals surface area contributed by atoms with Crippen LogP contribution in [-0.2, 0) is 4.74 Å². The van der Waals surface area contributed by atoms with Gasteiger partial charge in [-0.1, -0.05) is 18.1 Å². The van der Waals surface area contributed by atoms with E-state index in [1.807, 2.05) is 0 Å². The molecule has 0 saturated heterocycles. The van der Waals surface area contributed by atoms with E-state index in [4.69, 9.17) is 16.3 Å². The lowest BCUT2D eigenvalue weighted by Gasteiger charge is -1.90. The van der Waals surface area contributed by atoms with Gasteiger partial charge in [-0.25, -0.2) is 0 Å². The van der Waals surface area contributed by atoms with Gasteiger partial charge in [-0.2, -0.15) is 0 Å². The zero-order chi connectivity index (χ0) is 6.95. The second-order valence-corrected chi connectivity index (χ2v) is 1.37. The van der Waals surface area contributed by atoms with Gasteiger partial charge < -0.3 is 9.84 Å². The van der Waals surface area contributed by atoms with Gasteiger partial charge in [0.15, 0.2) is 0 Å². The van der Waals surface area contributed by atoms with Crippen LogP contribution in [0.25, 0.3) is 0 Å².